The van der Waals surface area contributed by atoms with Crippen molar-refractivity contribution in [2.45, 2.75) is 13.0 Å². The van der Waals surface area contributed by atoms with Gasteiger partial charge in [0.15, 0.2) is 0 Å². The third kappa shape index (κ3) is 3.50. The number of benzene rings is 1. The Balaban J connectivity index is 1.66. The molecule has 1 saturated heterocycles. The first-order valence-corrected chi connectivity index (χ1v) is 8.85. The fourth-order valence-electron chi connectivity index (χ4n) is 2.40. The summed E-state index contributed by atoms with van der Waals surface area (Å²) in [5.41, 5.74) is 1.62. The van der Waals surface area contributed by atoms with Crippen LogP contribution in [0, 0.1) is 0 Å². The highest BCUT2D eigenvalue weighted by molar-refractivity contribution is 7.93. The van der Waals surface area contributed by atoms with Crippen molar-refractivity contribution in [3.8, 4) is 0 Å². The van der Waals surface area contributed by atoms with E-state index >= 15 is 0 Å². The highest BCUT2D eigenvalue weighted by Crippen LogP contribution is 2.24. The molecule has 0 amide bonds. The SMILES string of the molecule is O=C(OCc1ccccn1)c1ccc(N2CCCS2(=O)=O)cc1. The molecule has 7 heteroatoms. The van der Waals surface area contributed by atoms with Crippen molar-refractivity contribution in [2.75, 3.05) is 16.6 Å². The van der Waals surface area contributed by atoms with Crippen LogP contribution in [-0.4, -0.2) is 31.7 Å². The van der Waals surface area contributed by atoms with Gasteiger partial charge in [0, 0.05) is 12.7 Å². The summed E-state index contributed by atoms with van der Waals surface area (Å²) >= 11 is 0. The van der Waals surface area contributed by atoms with Gasteiger partial charge in [-0.3, -0.25) is 9.29 Å². The average molecular weight is 332 g/mol. The Morgan fingerprint density at radius 3 is 2.57 bits per heavy atom. The zero-order valence-corrected chi connectivity index (χ0v) is 13.2. The van der Waals surface area contributed by atoms with Crippen LogP contribution in [0.3, 0.4) is 0 Å². The second-order valence-electron chi connectivity index (χ2n) is 5.19. The van der Waals surface area contributed by atoms with Gasteiger partial charge in [0.05, 0.1) is 22.7 Å². The fraction of sp³-hybridized carbons (Fsp3) is 0.250. The second-order valence-corrected chi connectivity index (χ2v) is 7.20. The molecule has 1 aliphatic heterocycles. The number of carbonyl (C=O) groups excluding carboxylic acids is 1. The van der Waals surface area contributed by atoms with E-state index in [9.17, 15) is 13.2 Å². The molecule has 1 aliphatic rings. The van der Waals surface area contributed by atoms with Crippen LogP contribution in [-0.2, 0) is 21.4 Å². The standard InChI is InChI=1S/C16H16N2O4S/c19-16(22-12-14-4-1-2-9-17-14)13-5-7-15(8-6-13)18-10-3-11-23(18,20)21/h1-2,4-9H,3,10-12H2. The van der Waals surface area contributed by atoms with Crippen LogP contribution in [0.4, 0.5) is 5.69 Å². The first kappa shape index (κ1) is 15.5. The molecule has 1 fully saturated rings. The van der Waals surface area contributed by atoms with E-state index in [1.54, 1.807) is 42.6 Å². The average Bonchev–Trinajstić information content (AvgIpc) is 2.93. The van der Waals surface area contributed by atoms with Gasteiger partial charge in [-0.05, 0) is 42.8 Å². The number of pyridine rings is 1. The topological polar surface area (TPSA) is 76.6 Å². The summed E-state index contributed by atoms with van der Waals surface area (Å²) in [6.07, 6.45) is 2.25. The molecule has 1 aromatic heterocycles. The summed E-state index contributed by atoms with van der Waals surface area (Å²) in [7, 11) is -3.21. The molecule has 0 aliphatic carbocycles. The minimum atomic E-state index is -3.21. The molecule has 0 radical (unpaired) electrons. The Kier molecular flexibility index (Phi) is 4.29. The number of carbonyl (C=O) groups is 1. The van der Waals surface area contributed by atoms with E-state index < -0.39 is 16.0 Å². The maximum atomic E-state index is 12.0. The quantitative estimate of drug-likeness (QED) is 0.800. The van der Waals surface area contributed by atoms with Crippen LogP contribution in [0.1, 0.15) is 22.5 Å². The first-order chi connectivity index (χ1) is 11.1. The third-order valence-corrected chi connectivity index (χ3v) is 5.44. The van der Waals surface area contributed by atoms with Crippen molar-refractivity contribution < 1.29 is 17.9 Å². The van der Waals surface area contributed by atoms with Gasteiger partial charge in [-0.15, -0.1) is 0 Å². The maximum absolute atomic E-state index is 12.0. The lowest BCUT2D eigenvalue weighted by Crippen LogP contribution is -2.25. The molecule has 120 valence electrons. The third-order valence-electron chi connectivity index (χ3n) is 3.57. The molecule has 0 spiro atoms. The van der Waals surface area contributed by atoms with Gasteiger partial charge in [0.2, 0.25) is 10.0 Å². The van der Waals surface area contributed by atoms with Gasteiger partial charge in [-0.2, -0.15) is 0 Å². The van der Waals surface area contributed by atoms with Gasteiger partial charge in [0.1, 0.15) is 6.61 Å². The summed E-state index contributed by atoms with van der Waals surface area (Å²) in [6.45, 7) is 0.577. The summed E-state index contributed by atoms with van der Waals surface area (Å²) in [5, 5.41) is 0. The van der Waals surface area contributed by atoms with E-state index in [4.69, 9.17) is 4.74 Å². The number of hydrogen-bond donors (Lipinski definition) is 0. The molecule has 2 heterocycles. The molecule has 0 bridgehead atoms. The number of ether oxygens (including phenoxy) is 1. The van der Waals surface area contributed by atoms with Crippen LogP contribution in [0.5, 0.6) is 0 Å². The zero-order valence-electron chi connectivity index (χ0n) is 12.4. The van der Waals surface area contributed by atoms with Gasteiger partial charge in [-0.25, -0.2) is 13.2 Å². The number of sulfonamides is 1. The predicted molar refractivity (Wildman–Crippen MR) is 85.5 cm³/mol. The number of hydrogen-bond acceptors (Lipinski definition) is 5. The monoisotopic (exact) mass is 332 g/mol. The highest BCUT2D eigenvalue weighted by atomic mass is 32.2. The van der Waals surface area contributed by atoms with Crippen molar-refractivity contribution in [3.05, 3.63) is 59.9 Å². The van der Waals surface area contributed by atoms with Crippen molar-refractivity contribution in [3.63, 3.8) is 0 Å². The van der Waals surface area contributed by atoms with E-state index in [-0.39, 0.29) is 12.4 Å². The second kappa shape index (κ2) is 6.37. The Bertz CT molecular complexity index is 789. The van der Waals surface area contributed by atoms with Crippen molar-refractivity contribution in [1.82, 2.24) is 4.98 Å². The molecule has 0 saturated carbocycles. The molecule has 0 N–H and O–H groups in total. The number of rotatable bonds is 4. The first-order valence-electron chi connectivity index (χ1n) is 7.24. The predicted octanol–water partition coefficient (Wildman–Crippen LogP) is 1.98. The zero-order chi connectivity index (χ0) is 16.3. The van der Waals surface area contributed by atoms with E-state index in [0.717, 1.165) is 0 Å². The highest BCUT2D eigenvalue weighted by Gasteiger charge is 2.28. The minimum absolute atomic E-state index is 0.0991. The lowest BCUT2D eigenvalue weighted by atomic mass is 10.2. The van der Waals surface area contributed by atoms with Crippen molar-refractivity contribution in [2.24, 2.45) is 0 Å². The normalized spacial score (nSPS) is 16.3. The molecule has 23 heavy (non-hydrogen) atoms. The van der Waals surface area contributed by atoms with Gasteiger partial charge < -0.3 is 4.74 Å². The van der Waals surface area contributed by atoms with Gasteiger partial charge in [0.25, 0.3) is 0 Å². The largest absolute Gasteiger partial charge is 0.456 e. The van der Waals surface area contributed by atoms with Crippen molar-refractivity contribution >= 4 is 21.7 Å². The Labute approximate surface area is 134 Å². The van der Waals surface area contributed by atoms with Crippen LogP contribution < -0.4 is 4.31 Å². The maximum Gasteiger partial charge on any atom is 0.338 e. The molecule has 1 aromatic carbocycles. The van der Waals surface area contributed by atoms with E-state index in [2.05, 4.69) is 4.98 Å². The van der Waals surface area contributed by atoms with Crippen LogP contribution in [0.25, 0.3) is 0 Å². The summed E-state index contributed by atoms with van der Waals surface area (Å²) in [4.78, 5) is 16.1. The molecular weight excluding hydrogens is 316 g/mol. The van der Waals surface area contributed by atoms with E-state index in [1.807, 2.05) is 6.07 Å². The molecule has 3 rings (SSSR count). The molecule has 2 aromatic rings. The van der Waals surface area contributed by atoms with Crippen LogP contribution in [0.15, 0.2) is 48.7 Å². The Hall–Kier alpha value is -2.41. The number of anilines is 1. The number of esters is 1. The summed E-state index contributed by atoms with van der Waals surface area (Å²) in [5.74, 6) is -0.299. The van der Waals surface area contributed by atoms with Gasteiger partial charge in [-0.1, -0.05) is 6.07 Å². The van der Waals surface area contributed by atoms with Crippen LogP contribution >= 0.6 is 0 Å². The van der Waals surface area contributed by atoms with Crippen molar-refractivity contribution in [1.29, 1.82) is 0 Å². The molecule has 0 unspecified atom stereocenters. The number of nitrogens with zero attached hydrogens (tertiary/aromatic N) is 2. The van der Waals surface area contributed by atoms with E-state index in [0.29, 0.717) is 29.9 Å². The summed E-state index contributed by atoms with van der Waals surface area (Å²) in [6, 6.07) is 11.8. The lowest BCUT2D eigenvalue weighted by molar-refractivity contribution is 0.0468. The van der Waals surface area contributed by atoms with E-state index in [1.165, 1.54) is 4.31 Å². The minimum Gasteiger partial charge on any atom is -0.456 e. The Morgan fingerprint density at radius 1 is 1.17 bits per heavy atom. The van der Waals surface area contributed by atoms with Crippen LogP contribution in [0.2, 0.25) is 0 Å². The summed E-state index contributed by atoms with van der Waals surface area (Å²) < 4.78 is 30.3. The smallest absolute Gasteiger partial charge is 0.338 e. The number of aromatic nitrogens is 1. The fourth-order valence-corrected chi connectivity index (χ4v) is 3.96. The Morgan fingerprint density at radius 2 is 1.96 bits per heavy atom. The molecule has 6 nitrogen and oxygen atoms in total. The molecular formula is C16H16N2O4S. The van der Waals surface area contributed by atoms with Gasteiger partial charge >= 0.3 is 5.97 Å². The molecule has 0 atom stereocenters. The lowest BCUT2D eigenvalue weighted by Gasteiger charge is -2.16.